The van der Waals surface area contributed by atoms with Crippen LogP contribution in [0.2, 0.25) is 0 Å². The number of hydrogen-bond acceptors (Lipinski definition) is 4. The summed E-state index contributed by atoms with van der Waals surface area (Å²) in [5.74, 6) is 2.25. The van der Waals surface area contributed by atoms with E-state index in [-0.39, 0.29) is 5.92 Å². The number of benzene rings is 6. The van der Waals surface area contributed by atoms with Crippen molar-refractivity contribution in [2.45, 2.75) is 13.3 Å². The van der Waals surface area contributed by atoms with Gasteiger partial charge in [0.05, 0.1) is 0 Å². The molecule has 7 aromatic rings. The summed E-state index contributed by atoms with van der Waals surface area (Å²) in [6.07, 6.45) is 7.36. The Hall–Kier alpha value is -5.44. The molecule has 0 aliphatic heterocycles. The van der Waals surface area contributed by atoms with Crippen LogP contribution in [-0.2, 0) is 4.57 Å². The first-order valence-electron chi connectivity index (χ1n) is 16.7. The summed E-state index contributed by atoms with van der Waals surface area (Å²) in [5, 5.41) is 5.66. The molecule has 0 saturated carbocycles. The lowest BCUT2D eigenvalue weighted by Gasteiger charge is -2.18. The molecule has 0 fully saturated rings. The molecule has 0 spiro atoms. The van der Waals surface area contributed by atoms with Crippen molar-refractivity contribution in [3.63, 3.8) is 0 Å². The van der Waals surface area contributed by atoms with Crippen LogP contribution >= 0.6 is 7.14 Å². The second-order valence-corrected chi connectivity index (χ2v) is 16.5. The van der Waals surface area contributed by atoms with E-state index in [0.717, 1.165) is 50.7 Å². The molecule has 0 bridgehead atoms. The highest BCUT2D eigenvalue weighted by Gasteiger charge is 2.20. The minimum atomic E-state index is -2.48. The molecule has 1 atom stereocenters. The first-order valence-corrected chi connectivity index (χ1v) is 19.3. The molecule has 238 valence electrons. The van der Waals surface area contributed by atoms with Gasteiger partial charge in [-0.15, -0.1) is 0 Å². The van der Waals surface area contributed by atoms with Crippen molar-refractivity contribution in [1.29, 1.82) is 0 Å². The SMILES string of the molecule is CC1CC=CC=C1c1nc(-c2ccccc2)nc(-c2cc(-c3cccc(P(C)(C)=O)c3)cc(-c3cc4ccccc4c4ccccc34)c2)n1. The van der Waals surface area contributed by atoms with Crippen LogP contribution in [0.3, 0.4) is 0 Å². The standard InChI is InChI=1S/C44H36N3OP/c1-29-14-7-9-20-37(29)44-46-42(30-15-5-4-6-16-30)45-43(47-44)35-25-33(31-18-13-19-36(27-31)49(2,3)48)24-34(26-35)41-28-32-17-8-10-21-38(32)39-22-11-12-23-40(39)41/h4-13,15-29H,14H2,1-3H3. The van der Waals surface area contributed by atoms with Crippen molar-refractivity contribution in [2.24, 2.45) is 5.92 Å². The fourth-order valence-electron chi connectivity index (χ4n) is 6.78. The summed E-state index contributed by atoms with van der Waals surface area (Å²) in [7, 11) is -2.48. The van der Waals surface area contributed by atoms with Gasteiger partial charge in [-0.1, -0.05) is 122 Å². The van der Waals surface area contributed by atoms with E-state index in [1.54, 1.807) is 0 Å². The van der Waals surface area contributed by atoms with Crippen LogP contribution in [0.4, 0.5) is 0 Å². The molecule has 1 aromatic heterocycles. The summed E-state index contributed by atoms with van der Waals surface area (Å²) < 4.78 is 13.2. The number of fused-ring (bicyclic) bond motifs is 3. The van der Waals surface area contributed by atoms with Crippen molar-refractivity contribution >= 4 is 39.6 Å². The Kier molecular flexibility index (Phi) is 7.90. The van der Waals surface area contributed by atoms with E-state index in [2.05, 4.69) is 110 Å². The second-order valence-electron chi connectivity index (χ2n) is 13.3. The highest BCUT2D eigenvalue weighted by atomic mass is 31.2. The molecule has 49 heavy (non-hydrogen) atoms. The third-order valence-electron chi connectivity index (χ3n) is 9.43. The highest BCUT2D eigenvalue weighted by Crippen LogP contribution is 2.40. The van der Waals surface area contributed by atoms with Gasteiger partial charge in [0.1, 0.15) is 7.14 Å². The molecule has 4 nitrogen and oxygen atoms in total. The molecule has 5 heteroatoms. The highest BCUT2D eigenvalue weighted by molar-refractivity contribution is 7.70. The normalized spacial score (nSPS) is 14.7. The van der Waals surface area contributed by atoms with Crippen molar-refractivity contribution < 1.29 is 4.57 Å². The summed E-state index contributed by atoms with van der Waals surface area (Å²) in [6.45, 7) is 5.86. The predicted molar refractivity (Wildman–Crippen MR) is 207 cm³/mol. The van der Waals surface area contributed by atoms with Crippen LogP contribution in [0.5, 0.6) is 0 Å². The Labute approximate surface area is 287 Å². The second kappa shape index (κ2) is 12.5. The number of allylic oxidation sites excluding steroid dienone is 4. The third kappa shape index (κ3) is 6.05. The van der Waals surface area contributed by atoms with Crippen LogP contribution in [0.1, 0.15) is 19.2 Å². The Balaban J connectivity index is 1.41. The maximum absolute atomic E-state index is 13.2. The van der Waals surface area contributed by atoms with Gasteiger partial charge < -0.3 is 4.57 Å². The van der Waals surface area contributed by atoms with Crippen LogP contribution in [0.25, 0.3) is 72.1 Å². The van der Waals surface area contributed by atoms with Crippen LogP contribution in [-0.4, -0.2) is 28.3 Å². The van der Waals surface area contributed by atoms with Crippen molar-refractivity contribution in [1.82, 2.24) is 15.0 Å². The lowest BCUT2D eigenvalue weighted by molar-refractivity contribution is 0.588. The maximum atomic E-state index is 13.2. The largest absolute Gasteiger partial charge is 0.319 e. The van der Waals surface area contributed by atoms with Gasteiger partial charge >= 0.3 is 0 Å². The average molecular weight is 654 g/mol. The van der Waals surface area contributed by atoms with Crippen LogP contribution < -0.4 is 5.30 Å². The van der Waals surface area contributed by atoms with Gasteiger partial charge in [0.15, 0.2) is 17.5 Å². The zero-order chi connectivity index (χ0) is 33.5. The van der Waals surface area contributed by atoms with E-state index in [0.29, 0.717) is 17.5 Å². The van der Waals surface area contributed by atoms with Crippen LogP contribution in [0, 0.1) is 5.92 Å². The quantitative estimate of drug-likeness (QED) is 0.132. The topological polar surface area (TPSA) is 55.7 Å². The smallest absolute Gasteiger partial charge is 0.164 e. The Bertz CT molecular complexity index is 2490. The van der Waals surface area contributed by atoms with Gasteiger partial charge in [0.25, 0.3) is 0 Å². The molecule has 1 unspecified atom stereocenters. The average Bonchev–Trinajstić information content (AvgIpc) is 3.14. The summed E-state index contributed by atoms with van der Waals surface area (Å²) in [4.78, 5) is 15.3. The minimum Gasteiger partial charge on any atom is -0.319 e. The number of rotatable bonds is 6. The van der Waals surface area contributed by atoms with Gasteiger partial charge in [-0.2, -0.15) is 0 Å². The van der Waals surface area contributed by atoms with E-state index in [1.165, 1.54) is 21.5 Å². The first-order chi connectivity index (χ1) is 23.8. The minimum absolute atomic E-state index is 0.288. The summed E-state index contributed by atoms with van der Waals surface area (Å²) >= 11 is 0. The zero-order valence-electron chi connectivity index (χ0n) is 27.8. The molecule has 1 aliphatic rings. The molecule has 6 aromatic carbocycles. The fourth-order valence-corrected chi connectivity index (χ4v) is 7.68. The van der Waals surface area contributed by atoms with Crippen molar-refractivity contribution in [3.8, 4) is 45.0 Å². The maximum Gasteiger partial charge on any atom is 0.164 e. The zero-order valence-corrected chi connectivity index (χ0v) is 28.7. The fraction of sp³-hybridized carbons (Fsp3) is 0.114. The van der Waals surface area contributed by atoms with Gasteiger partial charge in [0.2, 0.25) is 0 Å². The van der Waals surface area contributed by atoms with E-state index in [1.807, 2.05) is 55.8 Å². The molecule has 0 radical (unpaired) electrons. The Morgan fingerprint density at radius 1 is 0.571 bits per heavy atom. The molecule has 1 aliphatic carbocycles. The molecule has 1 heterocycles. The molecule has 0 saturated heterocycles. The monoisotopic (exact) mass is 653 g/mol. The van der Waals surface area contributed by atoms with Gasteiger partial charge in [-0.3, -0.25) is 0 Å². The van der Waals surface area contributed by atoms with Gasteiger partial charge in [0, 0.05) is 22.0 Å². The molecule has 0 N–H and O–H groups in total. The summed E-state index contributed by atoms with van der Waals surface area (Å²) in [5.41, 5.74) is 7.15. The first kappa shape index (κ1) is 30.9. The molecule has 8 rings (SSSR count). The predicted octanol–water partition coefficient (Wildman–Crippen LogP) is 11.1. The van der Waals surface area contributed by atoms with E-state index >= 15 is 0 Å². The molecular formula is C44H36N3OP. The number of aromatic nitrogens is 3. The molecular weight excluding hydrogens is 617 g/mol. The Morgan fingerprint density at radius 2 is 1.20 bits per heavy atom. The van der Waals surface area contributed by atoms with Gasteiger partial charge in [-0.25, -0.2) is 15.0 Å². The van der Waals surface area contributed by atoms with Gasteiger partial charge in [-0.05, 0) is 99.8 Å². The number of nitrogens with zero attached hydrogens (tertiary/aromatic N) is 3. The van der Waals surface area contributed by atoms with E-state index < -0.39 is 7.14 Å². The van der Waals surface area contributed by atoms with E-state index in [9.17, 15) is 4.57 Å². The third-order valence-corrected chi connectivity index (χ3v) is 11.0. The summed E-state index contributed by atoms with van der Waals surface area (Å²) in [6, 6.07) is 44.3. The van der Waals surface area contributed by atoms with E-state index in [4.69, 9.17) is 15.0 Å². The number of hydrogen-bond donors (Lipinski definition) is 0. The lowest BCUT2D eigenvalue weighted by Crippen LogP contribution is -2.08. The van der Waals surface area contributed by atoms with Crippen molar-refractivity contribution in [2.75, 3.05) is 13.3 Å². The Morgan fingerprint density at radius 3 is 1.98 bits per heavy atom. The molecule has 0 amide bonds. The lowest BCUT2D eigenvalue weighted by atomic mass is 9.90. The van der Waals surface area contributed by atoms with Crippen LogP contribution in [0.15, 0.2) is 146 Å². The van der Waals surface area contributed by atoms with Crippen molar-refractivity contribution in [3.05, 3.63) is 151 Å².